The fourth-order valence-corrected chi connectivity index (χ4v) is 2.93. The molecule has 20 heavy (non-hydrogen) atoms. The topological polar surface area (TPSA) is 24.1 Å². The summed E-state index contributed by atoms with van der Waals surface area (Å²) in [5, 5.41) is 6.51. The summed E-state index contributed by atoms with van der Waals surface area (Å²) in [4.78, 5) is 0. The van der Waals surface area contributed by atoms with Gasteiger partial charge in [-0.25, -0.2) is 0 Å². The van der Waals surface area contributed by atoms with Gasteiger partial charge in [0.2, 0.25) is 0 Å². The molecular formula is C18H22N2. The standard InChI is InChI=1S/C18H22N2/c1-19-13-18(10-11-18)16-8-6-14(7-9-16)15-4-3-5-17(12-15)20-2/h3-9,12,19-20H,10-11,13H2,1-2H3. The van der Waals surface area contributed by atoms with Crippen molar-refractivity contribution in [2.45, 2.75) is 18.3 Å². The van der Waals surface area contributed by atoms with Crippen LogP contribution in [0.1, 0.15) is 18.4 Å². The molecule has 3 rings (SSSR count). The maximum Gasteiger partial charge on any atom is 0.0343 e. The van der Waals surface area contributed by atoms with Crippen LogP contribution in [0, 0.1) is 0 Å². The highest BCUT2D eigenvalue weighted by atomic mass is 14.8. The molecule has 0 amide bonds. The van der Waals surface area contributed by atoms with Crippen molar-refractivity contribution in [3.63, 3.8) is 0 Å². The lowest BCUT2D eigenvalue weighted by Crippen LogP contribution is -2.23. The molecule has 104 valence electrons. The summed E-state index contributed by atoms with van der Waals surface area (Å²) in [6, 6.07) is 17.6. The Morgan fingerprint density at radius 1 is 0.950 bits per heavy atom. The lowest BCUT2D eigenvalue weighted by atomic mass is 9.93. The zero-order chi connectivity index (χ0) is 14.0. The summed E-state index contributed by atoms with van der Waals surface area (Å²) in [6.45, 7) is 1.08. The van der Waals surface area contributed by atoms with Crippen LogP contribution in [-0.2, 0) is 5.41 Å². The molecule has 1 fully saturated rings. The molecule has 1 aliphatic carbocycles. The maximum atomic E-state index is 3.32. The molecule has 0 spiro atoms. The van der Waals surface area contributed by atoms with Crippen molar-refractivity contribution < 1.29 is 0 Å². The van der Waals surface area contributed by atoms with Gasteiger partial charge in [0.1, 0.15) is 0 Å². The number of hydrogen-bond donors (Lipinski definition) is 2. The summed E-state index contributed by atoms with van der Waals surface area (Å²) in [5.74, 6) is 0. The Balaban J connectivity index is 1.86. The van der Waals surface area contributed by atoms with E-state index in [2.05, 4.69) is 59.2 Å². The first-order valence-electron chi connectivity index (χ1n) is 7.31. The quantitative estimate of drug-likeness (QED) is 0.863. The van der Waals surface area contributed by atoms with Crippen LogP contribution in [0.4, 0.5) is 5.69 Å². The number of hydrogen-bond acceptors (Lipinski definition) is 2. The highest BCUT2D eigenvalue weighted by Gasteiger charge is 2.43. The van der Waals surface area contributed by atoms with Crippen LogP contribution >= 0.6 is 0 Å². The minimum Gasteiger partial charge on any atom is -0.388 e. The van der Waals surface area contributed by atoms with E-state index in [1.54, 1.807) is 0 Å². The van der Waals surface area contributed by atoms with Crippen LogP contribution in [0.5, 0.6) is 0 Å². The second-order valence-corrected chi connectivity index (χ2v) is 5.72. The van der Waals surface area contributed by atoms with Gasteiger partial charge in [-0.2, -0.15) is 0 Å². The van der Waals surface area contributed by atoms with Gasteiger partial charge in [-0.3, -0.25) is 0 Å². The fraction of sp³-hybridized carbons (Fsp3) is 0.333. The van der Waals surface area contributed by atoms with Crippen molar-refractivity contribution in [1.29, 1.82) is 0 Å². The molecule has 2 heteroatoms. The number of rotatable bonds is 5. The summed E-state index contributed by atoms with van der Waals surface area (Å²) in [7, 11) is 3.99. The molecule has 0 aliphatic heterocycles. The van der Waals surface area contributed by atoms with Crippen molar-refractivity contribution in [2.75, 3.05) is 26.0 Å². The Labute approximate surface area is 121 Å². The molecule has 2 aromatic carbocycles. The van der Waals surface area contributed by atoms with Crippen LogP contribution in [-0.4, -0.2) is 20.6 Å². The number of likely N-dealkylation sites (N-methyl/N-ethyl adjacent to an activating group) is 1. The Morgan fingerprint density at radius 2 is 1.70 bits per heavy atom. The fourth-order valence-electron chi connectivity index (χ4n) is 2.93. The molecule has 0 bridgehead atoms. The van der Waals surface area contributed by atoms with E-state index in [1.165, 1.54) is 29.5 Å². The first-order valence-corrected chi connectivity index (χ1v) is 7.31. The Morgan fingerprint density at radius 3 is 2.30 bits per heavy atom. The van der Waals surface area contributed by atoms with E-state index in [0.29, 0.717) is 5.41 Å². The molecule has 0 unspecified atom stereocenters. The van der Waals surface area contributed by atoms with Crippen molar-refractivity contribution in [3.8, 4) is 11.1 Å². The summed E-state index contributed by atoms with van der Waals surface area (Å²) < 4.78 is 0. The molecule has 0 radical (unpaired) electrons. The van der Waals surface area contributed by atoms with Gasteiger partial charge in [-0.05, 0) is 48.7 Å². The minimum absolute atomic E-state index is 0.403. The van der Waals surface area contributed by atoms with Gasteiger partial charge in [0.05, 0.1) is 0 Å². The molecule has 0 aromatic heterocycles. The first-order chi connectivity index (χ1) is 9.77. The van der Waals surface area contributed by atoms with Crippen LogP contribution in [0.2, 0.25) is 0 Å². The van der Waals surface area contributed by atoms with Gasteiger partial charge < -0.3 is 10.6 Å². The van der Waals surface area contributed by atoms with Gasteiger partial charge in [0.25, 0.3) is 0 Å². The van der Waals surface area contributed by atoms with Gasteiger partial charge >= 0.3 is 0 Å². The summed E-state index contributed by atoms with van der Waals surface area (Å²) >= 11 is 0. The number of benzene rings is 2. The zero-order valence-corrected chi connectivity index (χ0v) is 12.2. The second-order valence-electron chi connectivity index (χ2n) is 5.72. The molecule has 0 atom stereocenters. The van der Waals surface area contributed by atoms with E-state index in [0.717, 1.165) is 12.2 Å². The van der Waals surface area contributed by atoms with Crippen LogP contribution in [0.15, 0.2) is 48.5 Å². The predicted molar refractivity (Wildman–Crippen MR) is 86.3 cm³/mol. The molecule has 0 saturated heterocycles. The van der Waals surface area contributed by atoms with Gasteiger partial charge in [0, 0.05) is 24.7 Å². The molecule has 2 aromatic rings. The lowest BCUT2D eigenvalue weighted by molar-refractivity contribution is 0.624. The summed E-state index contributed by atoms with van der Waals surface area (Å²) in [6.07, 6.45) is 2.62. The Bertz CT molecular complexity index is 583. The molecule has 2 N–H and O–H groups in total. The third-order valence-corrected chi connectivity index (χ3v) is 4.35. The molecular weight excluding hydrogens is 244 g/mol. The normalized spacial score (nSPS) is 15.9. The van der Waals surface area contributed by atoms with Crippen molar-refractivity contribution in [2.24, 2.45) is 0 Å². The summed E-state index contributed by atoms with van der Waals surface area (Å²) in [5.41, 5.74) is 5.58. The van der Waals surface area contributed by atoms with E-state index in [9.17, 15) is 0 Å². The van der Waals surface area contributed by atoms with E-state index in [4.69, 9.17) is 0 Å². The average molecular weight is 266 g/mol. The van der Waals surface area contributed by atoms with E-state index < -0.39 is 0 Å². The van der Waals surface area contributed by atoms with Crippen molar-refractivity contribution in [1.82, 2.24) is 5.32 Å². The monoisotopic (exact) mass is 266 g/mol. The van der Waals surface area contributed by atoms with E-state index in [-0.39, 0.29) is 0 Å². The highest BCUT2D eigenvalue weighted by Crippen LogP contribution is 2.47. The van der Waals surface area contributed by atoms with Gasteiger partial charge in [0.15, 0.2) is 0 Å². The van der Waals surface area contributed by atoms with Crippen LogP contribution in [0.3, 0.4) is 0 Å². The number of anilines is 1. The predicted octanol–water partition coefficient (Wildman–Crippen LogP) is 3.65. The SMILES string of the molecule is CNCC1(c2ccc(-c3cccc(NC)c3)cc2)CC1. The first kappa shape index (κ1) is 13.2. The molecule has 0 heterocycles. The van der Waals surface area contributed by atoms with Crippen molar-refractivity contribution in [3.05, 3.63) is 54.1 Å². The van der Waals surface area contributed by atoms with Crippen LogP contribution < -0.4 is 10.6 Å². The van der Waals surface area contributed by atoms with Gasteiger partial charge in [-0.1, -0.05) is 36.4 Å². The Kier molecular flexibility index (Phi) is 3.49. The average Bonchev–Trinajstić information content (AvgIpc) is 3.29. The maximum absolute atomic E-state index is 3.32. The second kappa shape index (κ2) is 5.29. The van der Waals surface area contributed by atoms with Crippen LogP contribution in [0.25, 0.3) is 11.1 Å². The minimum atomic E-state index is 0.403. The number of nitrogens with one attached hydrogen (secondary N) is 2. The molecule has 2 nitrogen and oxygen atoms in total. The Hall–Kier alpha value is -1.80. The van der Waals surface area contributed by atoms with E-state index in [1.807, 2.05) is 14.1 Å². The smallest absolute Gasteiger partial charge is 0.0343 e. The lowest BCUT2D eigenvalue weighted by Gasteiger charge is -2.15. The largest absolute Gasteiger partial charge is 0.388 e. The van der Waals surface area contributed by atoms with Gasteiger partial charge in [-0.15, -0.1) is 0 Å². The zero-order valence-electron chi connectivity index (χ0n) is 12.2. The third kappa shape index (κ3) is 2.44. The van der Waals surface area contributed by atoms with Crippen molar-refractivity contribution >= 4 is 5.69 Å². The molecule has 1 aliphatic rings. The highest BCUT2D eigenvalue weighted by molar-refractivity contribution is 5.68. The third-order valence-electron chi connectivity index (χ3n) is 4.35. The van der Waals surface area contributed by atoms with E-state index >= 15 is 0 Å². The molecule has 1 saturated carbocycles.